The molecule has 0 spiro atoms. The second-order valence-corrected chi connectivity index (χ2v) is 1.87. The van der Waals surface area contributed by atoms with Crippen LogP contribution in [0.15, 0.2) is 12.4 Å². The molecule has 0 fully saturated rings. The lowest BCUT2D eigenvalue weighted by Gasteiger charge is -1.84. The van der Waals surface area contributed by atoms with Gasteiger partial charge in [-0.2, -0.15) is 0 Å². The molecule has 66 valence electrons. The number of aromatic nitrogens is 2. The van der Waals surface area contributed by atoms with E-state index >= 15 is 0 Å². The number of amidine groups is 1. The number of nitrogens with zero attached hydrogens (tertiary/aromatic N) is 1. The van der Waals surface area contributed by atoms with Gasteiger partial charge in [0.2, 0.25) is 0 Å². The molecule has 0 aliphatic rings. The van der Waals surface area contributed by atoms with Gasteiger partial charge in [-0.15, -0.1) is 0 Å². The first-order valence-electron chi connectivity index (χ1n) is 3.07. The predicted molar refractivity (Wildman–Crippen MR) is 42.9 cm³/mol. The van der Waals surface area contributed by atoms with Crippen molar-refractivity contribution < 1.29 is 9.90 Å². The normalized spacial score (nSPS) is 8.08. The summed E-state index contributed by atoms with van der Waals surface area (Å²) in [5.41, 5.74) is 5.05. The van der Waals surface area contributed by atoms with Crippen molar-refractivity contribution in [2.45, 2.75) is 6.92 Å². The summed E-state index contributed by atoms with van der Waals surface area (Å²) in [5, 5.41) is 14.3. The van der Waals surface area contributed by atoms with Gasteiger partial charge in [0.15, 0.2) is 11.7 Å². The van der Waals surface area contributed by atoms with Gasteiger partial charge < -0.3 is 15.8 Å². The van der Waals surface area contributed by atoms with Crippen LogP contribution in [0.5, 0.6) is 0 Å². The standard InChI is InChI=1S/C4H6N4.C2H4O2/c5-3(6)4-7-1-2-8-4;1-2(3)4/h1-2H,(H3,5,6)(H,7,8);1H3,(H,3,4). The van der Waals surface area contributed by atoms with E-state index in [1.165, 1.54) is 0 Å². The van der Waals surface area contributed by atoms with Crippen molar-refractivity contribution in [1.82, 2.24) is 9.97 Å². The topological polar surface area (TPSA) is 116 Å². The zero-order valence-electron chi connectivity index (χ0n) is 6.53. The molecule has 1 aromatic rings. The van der Waals surface area contributed by atoms with Crippen LogP contribution in [0.2, 0.25) is 0 Å². The molecule has 1 heterocycles. The molecule has 12 heavy (non-hydrogen) atoms. The van der Waals surface area contributed by atoms with Crippen molar-refractivity contribution in [3.63, 3.8) is 0 Å². The summed E-state index contributed by atoms with van der Waals surface area (Å²) < 4.78 is 0. The monoisotopic (exact) mass is 170 g/mol. The van der Waals surface area contributed by atoms with Gasteiger partial charge in [0.25, 0.3) is 5.97 Å². The number of hydrogen-bond donors (Lipinski definition) is 4. The van der Waals surface area contributed by atoms with E-state index in [0.29, 0.717) is 5.82 Å². The smallest absolute Gasteiger partial charge is 0.300 e. The Labute approximate surface area is 68.9 Å². The zero-order valence-corrected chi connectivity index (χ0v) is 6.53. The number of nitrogen functional groups attached to an aromatic ring is 1. The van der Waals surface area contributed by atoms with Crippen LogP contribution in [0.1, 0.15) is 12.7 Å². The van der Waals surface area contributed by atoms with Crippen LogP contribution < -0.4 is 5.73 Å². The average Bonchev–Trinajstić information content (AvgIpc) is 2.34. The molecule has 0 aliphatic heterocycles. The number of hydrogen-bond acceptors (Lipinski definition) is 3. The molecule has 0 saturated heterocycles. The second-order valence-electron chi connectivity index (χ2n) is 1.87. The number of H-pyrrole nitrogens is 1. The largest absolute Gasteiger partial charge is 0.481 e. The fourth-order valence-electron chi connectivity index (χ4n) is 0.413. The van der Waals surface area contributed by atoms with Crippen molar-refractivity contribution in [1.29, 1.82) is 5.41 Å². The van der Waals surface area contributed by atoms with E-state index in [4.69, 9.17) is 21.0 Å². The van der Waals surface area contributed by atoms with Gasteiger partial charge in [-0.25, -0.2) is 4.98 Å². The Morgan fingerprint density at radius 1 is 1.83 bits per heavy atom. The van der Waals surface area contributed by atoms with Gasteiger partial charge in [0.05, 0.1) is 0 Å². The van der Waals surface area contributed by atoms with Crippen LogP contribution in [0.4, 0.5) is 0 Å². The summed E-state index contributed by atoms with van der Waals surface area (Å²) in [5.74, 6) is -0.444. The highest BCUT2D eigenvalue weighted by Crippen LogP contribution is 1.82. The van der Waals surface area contributed by atoms with E-state index in [9.17, 15) is 0 Å². The van der Waals surface area contributed by atoms with Crippen molar-refractivity contribution >= 4 is 11.8 Å². The van der Waals surface area contributed by atoms with Gasteiger partial charge in [-0.1, -0.05) is 0 Å². The zero-order chi connectivity index (χ0) is 9.56. The first-order chi connectivity index (χ1) is 5.54. The van der Waals surface area contributed by atoms with Crippen LogP contribution in [0.25, 0.3) is 0 Å². The van der Waals surface area contributed by atoms with Crippen LogP contribution in [-0.2, 0) is 4.79 Å². The van der Waals surface area contributed by atoms with Gasteiger partial charge in [-0.3, -0.25) is 10.2 Å². The molecule has 6 heteroatoms. The lowest BCUT2D eigenvalue weighted by Crippen LogP contribution is -2.12. The first kappa shape index (κ1) is 10.2. The number of nitrogens with two attached hydrogens (primary N) is 1. The Hall–Kier alpha value is -1.85. The Morgan fingerprint density at radius 2 is 2.33 bits per heavy atom. The first-order valence-corrected chi connectivity index (χ1v) is 3.07. The highest BCUT2D eigenvalue weighted by Gasteiger charge is 1.92. The second kappa shape index (κ2) is 4.89. The fourth-order valence-corrected chi connectivity index (χ4v) is 0.413. The maximum Gasteiger partial charge on any atom is 0.300 e. The summed E-state index contributed by atoms with van der Waals surface area (Å²) in [7, 11) is 0. The molecule has 5 N–H and O–H groups in total. The van der Waals surface area contributed by atoms with Crippen LogP contribution in [0.3, 0.4) is 0 Å². The van der Waals surface area contributed by atoms with Crippen LogP contribution in [-0.4, -0.2) is 26.9 Å². The predicted octanol–water partition coefficient (Wildman–Crippen LogP) is -0.215. The van der Waals surface area contributed by atoms with E-state index in [2.05, 4.69) is 9.97 Å². The van der Waals surface area contributed by atoms with Gasteiger partial charge in [0, 0.05) is 19.3 Å². The lowest BCUT2D eigenvalue weighted by atomic mass is 10.6. The summed E-state index contributed by atoms with van der Waals surface area (Å²) in [6.45, 7) is 1.08. The Kier molecular flexibility index (Phi) is 4.13. The highest BCUT2D eigenvalue weighted by atomic mass is 16.4. The number of rotatable bonds is 1. The number of nitrogens with one attached hydrogen (secondary N) is 2. The van der Waals surface area contributed by atoms with Gasteiger partial charge in [0.1, 0.15) is 0 Å². The molecule has 6 nitrogen and oxygen atoms in total. The minimum Gasteiger partial charge on any atom is -0.481 e. The minimum atomic E-state index is -0.833. The minimum absolute atomic E-state index is 0.0324. The molecule has 1 aromatic heterocycles. The highest BCUT2D eigenvalue weighted by molar-refractivity contribution is 5.91. The number of carboxylic acid groups (broad SMARTS) is 1. The molecule has 0 aliphatic carbocycles. The summed E-state index contributed by atoms with van der Waals surface area (Å²) in [6.07, 6.45) is 3.17. The van der Waals surface area contributed by atoms with Crippen molar-refractivity contribution in [2.24, 2.45) is 5.73 Å². The molecular formula is C6H10N4O2. The molecule has 0 atom stereocenters. The van der Waals surface area contributed by atoms with E-state index in [0.717, 1.165) is 6.92 Å². The number of aliphatic carboxylic acids is 1. The molecule has 1 rings (SSSR count). The van der Waals surface area contributed by atoms with E-state index < -0.39 is 5.97 Å². The summed E-state index contributed by atoms with van der Waals surface area (Å²) >= 11 is 0. The fraction of sp³-hybridized carbons (Fsp3) is 0.167. The third-order valence-electron chi connectivity index (χ3n) is 0.753. The third kappa shape index (κ3) is 4.98. The quantitative estimate of drug-likeness (QED) is 0.344. The Bertz CT molecular complexity index is 251. The maximum atomic E-state index is 9.00. The van der Waals surface area contributed by atoms with Gasteiger partial charge in [-0.05, 0) is 0 Å². The third-order valence-corrected chi connectivity index (χ3v) is 0.753. The lowest BCUT2D eigenvalue weighted by molar-refractivity contribution is -0.134. The number of carbonyl (C=O) groups is 1. The molecule has 0 amide bonds. The van der Waals surface area contributed by atoms with Crippen molar-refractivity contribution in [2.75, 3.05) is 0 Å². The number of carboxylic acids is 1. The van der Waals surface area contributed by atoms with E-state index in [-0.39, 0.29) is 5.84 Å². The molecule has 0 unspecified atom stereocenters. The van der Waals surface area contributed by atoms with Crippen molar-refractivity contribution in [3.8, 4) is 0 Å². The van der Waals surface area contributed by atoms with E-state index in [1.54, 1.807) is 12.4 Å². The molecule has 0 bridgehead atoms. The van der Waals surface area contributed by atoms with Crippen LogP contribution >= 0.6 is 0 Å². The molecular weight excluding hydrogens is 160 g/mol. The Morgan fingerprint density at radius 3 is 2.50 bits per heavy atom. The SMILES string of the molecule is CC(=O)O.N=C(N)c1ncc[nH]1. The number of imidazole rings is 1. The average molecular weight is 170 g/mol. The molecule has 0 saturated carbocycles. The van der Waals surface area contributed by atoms with Crippen molar-refractivity contribution in [3.05, 3.63) is 18.2 Å². The van der Waals surface area contributed by atoms with E-state index in [1.807, 2.05) is 0 Å². The van der Waals surface area contributed by atoms with Crippen LogP contribution in [0, 0.1) is 5.41 Å². The maximum absolute atomic E-state index is 9.00. The van der Waals surface area contributed by atoms with Gasteiger partial charge >= 0.3 is 0 Å². The Balaban J connectivity index is 0.000000261. The molecule has 0 radical (unpaired) electrons. The molecule has 0 aromatic carbocycles. The number of aromatic amines is 1. The summed E-state index contributed by atoms with van der Waals surface area (Å²) in [4.78, 5) is 15.4. The summed E-state index contributed by atoms with van der Waals surface area (Å²) in [6, 6.07) is 0.